The fourth-order valence-corrected chi connectivity index (χ4v) is 2.58. The van der Waals surface area contributed by atoms with Crippen molar-refractivity contribution in [1.29, 1.82) is 0 Å². The Morgan fingerprint density at radius 2 is 2.29 bits per heavy atom. The Bertz CT molecular complexity index is 454. The zero-order valence-electron chi connectivity index (χ0n) is 13.1. The molecular weight excluding hydrogens is 381 g/mol. The molecule has 2 heterocycles. The van der Waals surface area contributed by atoms with Crippen molar-refractivity contribution in [2.24, 2.45) is 10.7 Å². The molecule has 1 aliphatic heterocycles. The largest absolute Gasteiger partial charge is 0.444 e. The number of likely N-dealkylation sites (tertiary alicyclic amines) is 1. The van der Waals surface area contributed by atoms with Crippen LogP contribution in [0.5, 0.6) is 0 Å². The predicted octanol–water partition coefficient (Wildman–Crippen LogP) is 1.80. The number of likely N-dealkylation sites (N-methyl/N-ethyl adjacent to an activating group) is 1. The van der Waals surface area contributed by atoms with Crippen LogP contribution in [-0.4, -0.2) is 41.5 Å². The van der Waals surface area contributed by atoms with Gasteiger partial charge >= 0.3 is 0 Å². The van der Waals surface area contributed by atoms with Crippen LogP contribution >= 0.6 is 24.0 Å². The van der Waals surface area contributed by atoms with E-state index in [1.807, 2.05) is 13.8 Å². The highest BCUT2D eigenvalue weighted by Gasteiger charge is 2.22. The molecule has 7 heteroatoms. The molecule has 0 bridgehead atoms. The minimum absolute atomic E-state index is 0. The lowest BCUT2D eigenvalue weighted by atomic mass is 10.2. The molecule has 1 fully saturated rings. The third-order valence-corrected chi connectivity index (χ3v) is 3.88. The van der Waals surface area contributed by atoms with Crippen molar-refractivity contribution in [2.75, 3.05) is 19.6 Å². The molecule has 1 aliphatic rings. The first-order chi connectivity index (χ1) is 9.60. The van der Waals surface area contributed by atoms with Gasteiger partial charge in [-0.2, -0.15) is 0 Å². The Morgan fingerprint density at radius 1 is 1.52 bits per heavy atom. The molecule has 6 nitrogen and oxygen atoms in total. The van der Waals surface area contributed by atoms with Crippen molar-refractivity contribution in [3.05, 3.63) is 17.3 Å². The zero-order valence-corrected chi connectivity index (χ0v) is 15.4. The number of nitrogens with zero attached hydrogens (tertiary/aromatic N) is 3. The first-order valence-corrected chi connectivity index (χ1v) is 7.31. The van der Waals surface area contributed by atoms with Crippen LogP contribution in [-0.2, 0) is 6.54 Å². The monoisotopic (exact) mass is 407 g/mol. The summed E-state index contributed by atoms with van der Waals surface area (Å²) in [5, 5.41) is 3.20. The summed E-state index contributed by atoms with van der Waals surface area (Å²) in [7, 11) is 0. The summed E-state index contributed by atoms with van der Waals surface area (Å²) < 4.78 is 5.47. The second kappa shape index (κ2) is 8.57. The van der Waals surface area contributed by atoms with E-state index in [9.17, 15) is 0 Å². The number of aryl methyl sites for hydroxylation is 2. The fraction of sp³-hybridized carbons (Fsp3) is 0.714. The number of rotatable bonds is 5. The van der Waals surface area contributed by atoms with Gasteiger partial charge in [-0.3, -0.25) is 4.90 Å². The minimum Gasteiger partial charge on any atom is -0.444 e. The normalized spacial score (nSPS) is 19.6. The molecular formula is C14H26IN5O. The average molecular weight is 407 g/mol. The smallest absolute Gasteiger partial charge is 0.216 e. The number of aliphatic imine (C=N–C) groups is 1. The minimum atomic E-state index is 0. The molecule has 1 aromatic rings. The number of aromatic nitrogens is 1. The van der Waals surface area contributed by atoms with E-state index in [-0.39, 0.29) is 24.0 Å². The third-order valence-electron chi connectivity index (χ3n) is 3.88. The van der Waals surface area contributed by atoms with Crippen LogP contribution < -0.4 is 11.1 Å². The van der Waals surface area contributed by atoms with Crippen LogP contribution in [0.2, 0.25) is 0 Å². The quantitative estimate of drug-likeness (QED) is 0.442. The van der Waals surface area contributed by atoms with E-state index in [0.29, 0.717) is 24.4 Å². The molecule has 1 unspecified atom stereocenters. The first kappa shape index (κ1) is 18.2. The van der Waals surface area contributed by atoms with Crippen LogP contribution in [0.3, 0.4) is 0 Å². The van der Waals surface area contributed by atoms with E-state index in [1.54, 1.807) is 0 Å². The molecule has 2 rings (SSSR count). The lowest BCUT2D eigenvalue weighted by Gasteiger charge is -2.23. The number of nitrogens with one attached hydrogen (secondary N) is 1. The van der Waals surface area contributed by atoms with Gasteiger partial charge < -0.3 is 15.5 Å². The highest BCUT2D eigenvalue weighted by atomic mass is 127. The van der Waals surface area contributed by atoms with Crippen LogP contribution in [0.4, 0.5) is 0 Å². The van der Waals surface area contributed by atoms with Gasteiger partial charge in [0.25, 0.3) is 0 Å². The molecule has 21 heavy (non-hydrogen) atoms. The molecule has 1 atom stereocenters. The Hall–Kier alpha value is -0.830. The molecule has 0 spiro atoms. The number of oxazole rings is 1. The zero-order chi connectivity index (χ0) is 14.5. The molecule has 0 aromatic carbocycles. The SMILES string of the molecule is CCN1CCCC1CNC(N)=NCc1nc(C)c(C)o1.I. The molecule has 0 amide bonds. The van der Waals surface area contributed by atoms with Crippen LogP contribution in [0.25, 0.3) is 0 Å². The van der Waals surface area contributed by atoms with Gasteiger partial charge in [0.1, 0.15) is 12.3 Å². The van der Waals surface area contributed by atoms with Gasteiger partial charge in [-0.1, -0.05) is 6.92 Å². The predicted molar refractivity (Wildman–Crippen MR) is 95.0 cm³/mol. The molecule has 0 radical (unpaired) electrons. The van der Waals surface area contributed by atoms with Crippen molar-refractivity contribution in [3.8, 4) is 0 Å². The average Bonchev–Trinajstić information content (AvgIpc) is 3.01. The van der Waals surface area contributed by atoms with E-state index in [1.165, 1.54) is 19.4 Å². The maximum atomic E-state index is 5.88. The van der Waals surface area contributed by atoms with Crippen molar-refractivity contribution < 1.29 is 4.42 Å². The second-order valence-corrected chi connectivity index (χ2v) is 5.26. The topological polar surface area (TPSA) is 79.7 Å². The molecule has 0 aliphatic carbocycles. The van der Waals surface area contributed by atoms with Gasteiger partial charge in [-0.05, 0) is 39.8 Å². The number of halogens is 1. The summed E-state index contributed by atoms with van der Waals surface area (Å²) in [6.07, 6.45) is 2.50. The maximum Gasteiger partial charge on any atom is 0.216 e. The summed E-state index contributed by atoms with van der Waals surface area (Å²) in [6.45, 7) is 9.54. The highest BCUT2D eigenvalue weighted by molar-refractivity contribution is 14.0. The van der Waals surface area contributed by atoms with Crippen molar-refractivity contribution >= 4 is 29.9 Å². The van der Waals surface area contributed by atoms with Gasteiger partial charge in [-0.15, -0.1) is 24.0 Å². The fourth-order valence-electron chi connectivity index (χ4n) is 2.58. The summed E-state index contributed by atoms with van der Waals surface area (Å²) in [5.74, 6) is 1.91. The Kier molecular flexibility index (Phi) is 7.44. The number of guanidine groups is 1. The molecule has 120 valence electrons. The number of hydrogen-bond donors (Lipinski definition) is 2. The summed E-state index contributed by atoms with van der Waals surface area (Å²) >= 11 is 0. The number of hydrogen-bond acceptors (Lipinski definition) is 4. The van der Waals surface area contributed by atoms with E-state index < -0.39 is 0 Å². The summed E-state index contributed by atoms with van der Waals surface area (Å²) in [4.78, 5) is 11.0. The summed E-state index contributed by atoms with van der Waals surface area (Å²) in [5.41, 5.74) is 6.79. The van der Waals surface area contributed by atoms with E-state index in [4.69, 9.17) is 10.2 Å². The van der Waals surface area contributed by atoms with E-state index in [2.05, 4.69) is 27.1 Å². The molecule has 3 N–H and O–H groups in total. The number of nitrogens with two attached hydrogens (primary N) is 1. The van der Waals surface area contributed by atoms with Crippen molar-refractivity contribution in [2.45, 2.75) is 46.2 Å². The van der Waals surface area contributed by atoms with Gasteiger partial charge in [0.15, 0.2) is 5.96 Å². The maximum absolute atomic E-state index is 5.88. The standard InChI is InChI=1S/C14H25N5O.HI/c1-4-19-7-5-6-12(19)8-16-14(15)17-9-13-18-10(2)11(3)20-13;/h12H,4-9H2,1-3H3,(H3,15,16,17);1H. The lowest BCUT2D eigenvalue weighted by Crippen LogP contribution is -2.42. The molecule has 1 aromatic heterocycles. The molecule has 1 saturated heterocycles. The van der Waals surface area contributed by atoms with Crippen molar-refractivity contribution in [1.82, 2.24) is 15.2 Å². The van der Waals surface area contributed by atoms with E-state index >= 15 is 0 Å². The van der Waals surface area contributed by atoms with Crippen LogP contribution in [0.1, 0.15) is 37.1 Å². The first-order valence-electron chi connectivity index (χ1n) is 7.31. The Labute approximate surface area is 143 Å². The van der Waals surface area contributed by atoms with Crippen LogP contribution in [0, 0.1) is 13.8 Å². The van der Waals surface area contributed by atoms with Gasteiger partial charge in [-0.25, -0.2) is 9.98 Å². The second-order valence-electron chi connectivity index (χ2n) is 5.26. The third kappa shape index (κ3) is 5.14. The summed E-state index contributed by atoms with van der Waals surface area (Å²) in [6, 6.07) is 0.569. The van der Waals surface area contributed by atoms with Crippen molar-refractivity contribution in [3.63, 3.8) is 0 Å². The lowest BCUT2D eigenvalue weighted by molar-refractivity contribution is 0.267. The Morgan fingerprint density at radius 3 is 2.90 bits per heavy atom. The van der Waals surface area contributed by atoms with Gasteiger partial charge in [0.05, 0.1) is 5.69 Å². The Balaban J connectivity index is 0.00000220. The van der Waals surface area contributed by atoms with Crippen LogP contribution in [0.15, 0.2) is 9.41 Å². The van der Waals surface area contributed by atoms with Gasteiger partial charge in [0, 0.05) is 12.6 Å². The van der Waals surface area contributed by atoms with E-state index in [0.717, 1.165) is 24.5 Å². The molecule has 0 saturated carbocycles. The highest BCUT2D eigenvalue weighted by Crippen LogP contribution is 2.15. The van der Waals surface area contributed by atoms with Gasteiger partial charge in [0.2, 0.25) is 5.89 Å².